The lowest BCUT2D eigenvalue weighted by atomic mass is 10.0. The molecule has 0 aliphatic rings. The van der Waals surface area contributed by atoms with Gasteiger partial charge < -0.3 is 11.1 Å². The van der Waals surface area contributed by atoms with E-state index in [1.807, 2.05) is 0 Å². The molecule has 3 N–H and O–H groups in total. The van der Waals surface area contributed by atoms with Crippen LogP contribution < -0.4 is 11.1 Å². The van der Waals surface area contributed by atoms with Crippen molar-refractivity contribution in [1.29, 1.82) is 0 Å². The molecule has 5 nitrogen and oxygen atoms in total. The fourth-order valence-electron chi connectivity index (χ4n) is 1.47. The zero-order valence-corrected chi connectivity index (χ0v) is 13.0. The Labute approximate surface area is 124 Å². The SMILES string of the molecule is CC(N)C(C)C(=O)NCCS(=O)(=O)c1ccc(Cl)cc1. The fraction of sp³-hybridized carbons (Fsp3) is 0.462. The van der Waals surface area contributed by atoms with Gasteiger partial charge in [-0.15, -0.1) is 0 Å². The van der Waals surface area contributed by atoms with Gasteiger partial charge >= 0.3 is 0 Å². The first-order valence-electron chi connectivity index (χ1n) is 6.25. The second-order valence-corrected chi connectivity index (χ2v) is 7.26. The summed E-state index contributed by atoms with van der Waals surface area (Å²) in [5.41, 5.74) is 5.61. The Kier molecular flexibility index (Phi) is 5.98. The zero-order valence-electron chi connectivity index (χ0n) is 11.5. The van der Waals surface area contributed by atoms with Gasteiger partial charge in [-0.3, -0.25) is 4.79 Å². The van der Waals surface area contributed by atoms with E-state index in [-0.39, 0.29) is 35.1 Å². The van der Waals surface area contributed by atoms with Crippen molar-refractivity contribution >= 4 is 27.3 Å². The predicted octanol–water partition coefficient (Wildman–Crippen LogP) is 1.21. The highest BCUT2D eigenvalue weighted by molar-refractivity contribution is 7.91. The van der Waals surface area contributed by atoms with Crippen LogP contribution in [-0.2, 0) is 14.6 Å². The van der Waals surface area contributed by atoms with E-state index in [1.54, 1.807) is 13.8 Å². The Bertz CT molecular complexity index is 555. The van der Waals surface area contributed by atoms with Crippen molar-refractivity contribution in [3.8, 4) is 0 Å². The Morgan fingerprint density at radius 2 is 1.85 bits per heavy atom. The lowest BCUT2D eigenvalue weighted by Crippen LogP contribution is -2.40. The third-order valence-corrected chi connectivity index (χ3v) is 5.03. The van der Waals surface area contributed by atoms with Crippen LogP contribution in [0, 0.1) is 5.92 Å². The quantitative estimate of drug-likeness (QED) is 0.825. The van der Waals surface area contributed by atoms with Gasteiger partial charge in [0.15, 0.2) is 9.84 Å². The number of nitrogens with two attached hydrogens (primary N) is 1. The third-order valence-electron chi connectivity index (χ3n) is 3.05. The van der Waals surface area contributed by atoms with Crippen molar-refractivity contribution in [2.24, 2.45) is 11.7 Å². The number of nitrogens with one attached hydrogen (secondary N) is 1. The maximum absolute atomic E-state index is 12.0. The number of amides is 1. The van der Waals surface area contributed by atoms with Crippen LogP contribution in [0.2, 0.25) is 5.02 Å². The largest absolute Gasteiger partial charge is 0.355 e. The summed E-state index contributed by atoms with van der Waals surface area (Å²) < 4.78 is 24.0. The van der Waals surface area contributed by atoms with Gasteiger partial charge in [0, 0.05) is 23.5 Å². The Morgan fingerprint density at radius 1 is 1.30 bits per heavy atom. The number of benzene rings is 1. The number of sulfone groups is 1. The maximum atomic E-state index is 12.0. The molecule has 1 aromatic rings. The van der Waals surface area contributed by atoms with Gasteiger partial charge in [-0.25, -0.2) is 8.42 Å². The molecule has 112 valence electrons. The van der Waals surface area contributed by atoms with Gasteiger partial charge in [0.2, 0.25) is 5.91 Å². The number of halogens is 1. The molecule has 0 aliphatic heterocycles. The normalized spacial score (nSPS) is 14.6. The fourth-order valence-corrected chi connectivity index (χ4v) is 2.75. The molecule has 0 radical (unpaired) electrons. The molecule has 0 saturated heterocycles. The zero-order chi connectivity index (χ0) is 15.3. The molecule has 0 fully saturated rings. The van der Waals surface area contributed by atoms with Crippen LogP contribution in [0.1, 0.15) is 13.8 Å². The van der Waals surface area contributed by atoms with Crippen LogP contribution in [0.5, 0.6) is 0 Å². The van der Waals surface area contributed by atoms with Crippen LogP contribution in [0.15, 0.2) is 29.2 Å². The first-order chi connectivity index (χ1) is 9.24. The van der Waals surface area contributed by atoms with Crippen molar-refractivity contribution in [3.05, 3.63) is 29.3 Å². The molecule has 0 heterocycles. The molecule has 0 bridgehead atoms. The number of carbonyl (C=O) groups is 1. The summed E-state index contributed by atoms with van der Waals surface area (Å²) in [4.78, 5) is 11.8. The van der Waals surface area contributed by atoms with Crippen molar-refractivity contribution in [2.45, 2.75) is 24.8 Å². The van der Waals surface area contributed by atoms with Crippen LogP contribution >= 0.6 is 11.6 Å². The predicted molar refractivity (Wildman–Crippen MR) is 79.3 cm³/mol. The van der Waals surface area contributed by atoms with E-state index < -0.39 is 9.84 Å². The molecule has 0 aliphatic carbocycles. The second-order valence-electron chi connectivity index (χ2n) is 4.71. The van der Waals surface area contributed by atoms with Crippen LogP contribution in [0.25, 0.3) is 0 Å². The first kappa shape index (κ1) is 16.9. The molecule has 7 heteroatoms. The van der Waals surface area contributed by atoms with Gasteiger partial charge in [0.05, 0.1) is 10.6 Å². The number of hydrogen-bond acceptors (Lipinski definition) is 4. The lowest BCUT2D eigenvalue weighted by Gasteiger charge is -2.15. The van der Waals surface area contributed by atoms with Gasteiger partial charge in [0.1, 0.15) is 0 Å². The Morgan fingerprint density at radius 3 is 2.35 bits per heavy atom. The van der Waals surface area contributed by atoms with E-state index in [2.05, 4.69) is 5.32 Å². The highest BCUT2D eigenvalue weighted by Crippen LogP contribution is 2.15. The topological polar surface area (TPSA) is 89.3 Å². The lowest BCUT2D eigenvalue weighted by molar-refractivity contribution is -0.124. The van der Waals surface area contributed by atoms with E-state index in [0.717, 1.165) is 0 Å². The van der Waals surface area contributed by atoms with E-state index in [4.69, 9.17) is 17.3 Å². The summed E-state index contributed by atoms with van der Waals surface area (Å²) in [6.07, 6.45) is 0. The van der Waals surface area contributed by atoms with Gasteiger partial charge in [-0.05, 0) is 31.2 Å². The summed E-state index contributed by atoms with van der Waals surface area (Å²) in [7, 11) is -3.42. The van der Waals surface area contributed by atoms with Gasteiger partial charge in [0.25, 0.3) is 0 Å². The average molecular weight is 319 g/mol. The van der Waals surface area contributed by atoms with E-state index in [0.29, 0.717) is 5.02 Å². The monoisotopic (exact) mass is 318 g/mol. The molecule has 0 spiro atoms. The second kappa shape index (κ2) is 7.06. The van der Waals surface area contributed by atoms with E-state index >= 15 is 0 Å². The van der Waals surface area contributed by atoms with Crippen molar-refractivity contribution in [3.63, 3.8) is 0 Å². The molecule has 2 atom stereocenters. The van der Waals surface area contributed by atoms with Crippen LogP contribution in [0.3, 0.4) is 0 Å². The molecule has 2 unspecified atom stereocenters. The van der Waals surface area contributed by atoms with Gasteiger partial charge in [-0.2, -0.15) is 0 Å². The highest BCUT2D eigenvalue weighted by Gasteiger charge is 2.18. The number of carbonyl (C=O) groups excluding carboxylic acids is 1. The molecule has 1 amide bonds. The minimum atomic E-state index is -3.42. The summed E-state index contributed by atoms with van der Waals surface area (Å²) in [6, 6.07) is 5.66. The molecular weight excluding hydrogens is 300 g/mol. The minimum Gasteiger partial charge on any atom is -0.355 e. The van der Waals surface area contributed by atoms with Crippen LogP contribution in [0.4, 0.5) is 0 Å². The number of hydrogen-bond donors (Lipinski definition) is 2. The highest BCUT2D eigenvalue weighted by atomic mass is 35.5. The van der Waals surface area contributed by atoms with E-state index in [1.165, 1.54) is 24.3 Å². The van der Waals surface area contributed by atoms with Crippen molar-refractivity contribution in [2.75, 3.05) is 12.3 Å². The summed E-state index contributed by atoms with van der Waals surface area (Å²) >= 11 is 5.71. The summed E-state index contributed by atoms with van der Waals surface area (Å²) in [5, 5.41) is 3.05. The Hall–Kier alpha value is -1.11. The standard InChI is InChI=1S/C13H19ClN2O3S/c1-9(10(2)15)13(17)16-7-8-20(18,19)12-5-3-11(14)4-6-12/h3-6,9-10H,7-8,15H2,1-2H3,(H,16,17). The first-order valence-corrected chi connectivity index (χ1v) is 8.28. The van der Waals surface area contributed by atoms with E-state index in [9.17, 15) is 13.2 Å². The molecule has 1 rings (SSSR count). The van der Waals surface area contributed by atoms with Crippen LogP contribution in [-0.4, -0.2) is 32.7 Å². The molecule has 1 aromatic carbocycles. The van der Waals surface area contributed by atoms with Crippen molar-refractivity contribution in [1.82, 2.24) is 5.32 Å². The summed E-state index contributed by atoms with van der Waals surface area (Å²) in [5.74, 6) is -0.758. The minimum absolute atomic E-state index is 0.0564. The molecule has 0 saturated carbocycles. The van der Waals surface area contributed by atoms with Crippen molar-refractivity contribution < 1.29 is 13.2 Å². The molecular formula is C13H19ClN2O3S. The number of rotatable bonds is 6. The van der Waals surface area contributed by atoms with Gasteiger partial charge in [-0.1, -0.05) is 18.5 Å². The smallest absolute Gasteiger partial charge is 0.224 e. The maximum Gasteiger partial charge on any atom is 0.224 e. The summed E-state index contributed by atoms with van der Waals surface area (Å²) in [6.45, 7) is 3.49. The average Bonchev–Trinajstić information content (AvgIpc) is 2.37. The molecule has 20 heavy (non-hydrogen) atoms. The Balaban J connectivity index is 2.57. The molecule has 0 aromatic heterocycles. The third kappa shape index (κ3) is 4.77.